The molecular formula is C32H27F4N5O5S. The Labute approximate surface area is 269 Å². The molecule has 1 aliphatic heterocycles. The van der Waals surface area contributed by atoms with Crippen LogP contribution >= 0.6 is 11.3 Å². The largest absolute Gasteiger partial charge is 0.478 e. The third kappa shape index (κ3) is 6.24. The number of hydrogen-bond acceptors (Lipinski definition) is 9. The van der Waals surface area contributed by atoms with Crippen LogP contribution in [0, 0.1) is 11.6 Å². The van der Waals surface area contributed by atoms with Crippen molar-refractivity contribution in [2.45, 2.75) is 63.4 Å². The third-order valence-electron chi connectivity index (χ3n) is 8.42. The van der Waals surface area contributed by atoms with E-state index in [1.807, 2.05) is 0 Å². The molecular weight excluding hydrogens is 642 g/mol. The Morgan fingerprint density at radius 3 is 2.64 bits per heavy atom. The predicted molar refractivity (Wildman–Crippen MR) is 161 cm³/mol. The summed E-state index contributed by atoms with van der Waals surface area (Å²) in [6.07, 6.45) is -0.787. The summed E-state index contributed by atoms with van der Waals surface area (Å²) in [5.41, 5.74) is -0.206. The second-order valence-corrected chi connectivity index (χ2v) is 12.5. The van der Waals surface area contributed by atoms with Gasteiger partial charge in [0.25, 0.3) is 11.6 Å². The molecule has 244 valence electrons. The van der Waals surface area contributed by atoms with Gasteiger partial charge in [0.15, 0.2) is 10.6 Å². The minimum Gasteiger partial charge on any atom is -0.478 e. The predicted octanol–water partition coefficient (Wildman–Crippen LogP) is 6.45. The molecule has 0 unspecified atom stereocenters. The summed E-state index contributed by atoms with van der Waals surface area (Å²) < 4.78 is 76.4. The molecule has 2 aromatic carbocycles. The molecule has 2 aliphatic rings. The third-order valence-corrected chi connectivity index (χ3v) is 9.19. The van der Waals surface area contributed by atoms with Crippen LogP contribution in [0.5, 0.6) is 11.1 Å². The van der Waals surface area contributed by atoms with Crippen molar-refractivity contribution in [2.24, 2.45) is 0 Å². The summed E-state index contributed by atoms with van der Waals surface area (Å²) in [7, 11) is 0. The molecule has 2 fully saturated rings. The average Bonchev–Trinajstić information content (AvgIpc) is 3.60. The van der Waals surface area contributed by atoms with Crippen LogP contribution in [-0.2, 0) is 24.3 Å². The number of aromatic nitrogens is 5. The number of benzene rings is 2. The van der Waals surface area contributed by atoms with Gasteiger partial charge in [0.2, 0.25) is 5.88 Å². The van der Waals surface area contributed by atoms with Gasteiger partial charge in [0.05, 0.1) is 34.9 Å². The molecule has 7 rings (SSSR count). The summed E-state index contributed by atoms with van der Waals surface area (Å²) in [5.74, 6) is -1.91. The fourth-order valence-corrected chi connectivity index (χ4v) is 6.24. The lowest BCUT2D eigenvalue weighted by Gasteiger charge is -2.39. The van der Waals surface area contributed by atoms with Crippen molar-refractivity contribution in [3.8, 4) is 22.3 Å². The molecule has 10 nitrogen and oxygen atoms in total. The lowest BCUT2D eigenvalue weighted by Crippen LogP contribution is -2.49. The van der Waals surface area contributed by atoms with E-state index in [1.165, 1.54) is 24.3 Å². The zero-order chi connectivity index (χ0) is 32.7. The minimum atomic E-state index is -2.63. The molecule has 0 radical (unpaired) electrons. The van der Waals surface area contributed by atoms with Gasteiger partial charge in [0.1, 0.15) is 24.1 Å². The number of halogens is 4. The van der Waals surface area contributed by atoms with Crippen LogP contribution < -0.4 is 9.47 Å². The molecule has 3 aromatic heterocycles. The van der Waals surface area contributed by atoms with Crippen LogP contribution in [0.1, 0.15) is 52.4 Å². The number of fused-ring (bicyclic) bond motifs is 1. The van der Waals surface area contributed by atoms with E-state index < -0.39 is 29.6 Å². The number of alkyl halides is 2. The van der Waals surface area contributed by atoms with E-state index in [2.05, 4.69) is 20.2 Å². The highest BCUT2D eigenvalue weighted by Crippen LogP contribution is 2.42. The summed E-state index contributed by atoms with van der Waals surface area (Å²) in [6.45, 7) is 0.933. The molecule has 5 aromatic rings. The van der Waals surface area contributed by atoms with E-state index >= 15 is 8.78 Å². The topological polar surface area (TPSA) is 121 Å². The van der Waals surface area contributed by atoms with Crippen molar-refractivity contribution < 1.29 is 41.7 Å². The Morgan fingerprint density at radius 2 is 1.94 bits per heavy atom. The van der Waals surface area contributed by atoms with Crippen molar-refractivity contribution in [3.05, 3.63) is 82.1 Å². The summed E-state index contributed by atoms with van der Waals surface area (Å²) >= 11 is 0.984. The van der Waals surface area contributed by atoms with Crippen LogP contribution in [-0.4, -0.2) is 60.5 Å². The Hall–Kier alpha value is -4.63. The minimum absolute atomic E-state index is 0.0277. The zero-order valence-corrected chi connectivity index (χ0v) is 25.5. The van der Waals surface area contributed by atoms with Gasteiger partial charge in [-0.2, -0.15) is 0 Å². The van der Waals surface area contributed by atoms with Crippen molar-refractivity contribution >= 4 is 28.3 Å². The first kappa shape index (κ1) is 31.0. The number of pyridine rings is 1. The molecule has 1 saturated carbocycles. The van der Waals surface area contributed by atoms with Crippen LogP contribution in [0.4, 0.5) is 17.6 Å². The number of imidazole rings is 1. The molecule has 47 heavy (non-hydrogen) atoms. The van der Waals surface area contributed by atoms with Crippen molar-refractivity contribution in [2.75, 3.05) is 6.61 Å². The Bertz CT molecular complexity index is 1960. The van der Waals surface area contributed by atoms with E-state index in [0.717, 1.165) is 29.9 Å². The SMILES string of the molecule is O=C(O)c1ccc2nc(Cc3cc(F)c(-c4cccc(OCc5nnc(OC6(C(F)F)CCC6)s5)n4)cc3F)n(C[C@@H]3CCO3)c2c1. The Balaban J connectivity index is 1.08. The first-order valence-electron chi connectivity index (χ1n) is 14.9. The van der Waals surface area contributed by atoms with Crippen LogP contribution in [0.25, 0.3) is 22.3 Å². The van der Waals surface area contributed by atoms with Gasteiger partial charge in [0, 0.05) is 24.7 Å². The normalized spacial score (nSPS) is 17.0. The van der Waals surface area contributed by atoms with Gasteiger partial charge >= 0.3 is 5.97 Å². The molecule has 0 spiro atoms. The number of carbonyl (C=O) groups is 1. The molecule has 1 aliphatic carbocycles. The Kier molecular flexibility index (Phi) is 8.26. The molecule has 4 heterocycles. The number of nitrogens with zero attached hydrogens (tertiary/aromatic N) is 5. The lowest BCUT2D eigenvalue weighted by molar-refractivity contribution is -0.124. The molecule has 15 heteroatoms. The van der Waals surface area contributed by atoms with Gasteiger partial charge in [-0.15, -0.1) is 5.10 Å². The number of carboxylic acids is 1. The molecule has 1 atom stereocenters. The highest BCUT2D eigenvalue weighted by atomic mass is 32.1. The molecule has 0 bridgehead atoms. The highest BCUT2D eigenvalue weighted by Gasteiger charge is 2.48. The highest BCUT2D eigenvalue weighted by molar-refractivity contribution is 7.13. The second-order valence-electron chi connectivity index (χ2n) is 11.5. The summed E-state index contributed by atoms with van der Waals surface area (Å²) in [4.78, 5) is 20.5. The van der Waals surface area contributed by atoms with E-state index in [0.29, 0.717) is 41.4 Å². The zero-order valence-electron chi connectivity index (χ0n) is 24.7. The number of hydrogen-bond donors (Lipinski definition) is 1. The summed E-state index contributed by atoms with van der Waals surface area (Å²) in [6, 6.07) is 11.4. The Morgan fingerprint density at radius 1 is 1.11 bits per heavy atom. The quantitative estimate of drug-likeness (QED) is 0.149. The maximum atomic E-state index is 15.5. The maximum absolute atomic E-state index is 15.5. The van der Waals surface area contributed by atoms with Gasteiger partial charge < -0.3 is 23.9 Å². The van der Waals surface area contributed by atoms with E-state index in [1.54, 1.807) is 16.7 Å². The monoisotopic (exact) mass is 669 g/mol. The first-order valence-corrected chi connectivity index (χ1v) is 15.7. The average molecular weight is 670 g/mol. The van der Waals surface area contributed by atoms with Crippen LogP contribution in [0.15, 0.2) is 48.5 Å². The van der Waals surface area contributed by atoms with Crippen molar-refractivity contribution in [3.63, 3.8) is 0 Å². The second kappa shape index (κ2) is 12.5. The smallest absolute Gasteiger partial charge is 0.335 e. The van der Waals surface area contributed by atoms with E-state index in [9.17, 15) is 18.7 Å². The maximum Gasteiger partial charge on any atom is 0.335 e. The fraction of sp³-hybridized carbons (Fsp3) is 0.344. The van der Waals surface area contributed by atoms with E-state index in [-0.39, 0.29) is 65.4 Å². The van der Waals surface area contributed by atoms with E-state index in [4.69, 9.17) is 14.2 Å². The molecule has 0 amide bonds. The number of rotatable bonds is 12. The van der Waals surface area contributed by atoms with Crippen molar-refractivity contribution in [1.82, 2.24) is 24.7 Å². The molecule has 1 saturated heterocycles. The number of ether oxygens (including phenoxy) is 3. The van der Waals surface area contributed by atoms with Gasteiger partial charge in [-0.1, -0.05) is 22.5 Å². The lowest BCUT2D eigenvalue weighted by atomic mass is 9.80. The fourth-order valence-electron chi connectivity index (χ4n) is 5.55. The summed E-state index contributed by atoms with van der Waals surface area (Å²) in [5, 5.41) is 17.6. The van der Waals surface area contributed by atoms with Crippen LogP contribution in [0.2, 0.25) is 0 Å². The van der Waals surface area contributed by atoms with Gasteiger partial charge in [-0.3, -0.25) is 0 Å². The van der Waals surface area contributed by atoms with Gasteiger partial charge in [-0.05, 0) is 67.6 Å². The number of aromatic carboxylic acids is 1. The molecule has 1 N–H and O–H groups in total. The standard InChI is InChI=1S/C32H27F4N5O5S/c33-21-14-20(23-3-1-4-27(38-23)45-16-28-39-40-31(47-28)46-32(30(35)36)8-2-9-32)22(34)11-18(21)13-26-37-24-6-5-17(29(42)43)12-25(24)41(26)15-19-7-10-44-19/h1,3-6,11-12,14,19,30H,2,7-10,13,15-16H2,(H,42,43)/t19-/m0/s1. The first-order chi connectivity index (χ1) is 22.7. The van der Waals surface area contributed by atoms with Crippen LogP contribution in [0.3, 0.4) is 0 Å². The number of carboxylic acid groups (broad SMARTS) is 1. The van der Waals surface area contributed by atoms with Gasteiger partial charge in [-0.25, -0.2) is 32.3 Å². The van der Waals surface area contributed by atoms with Crippen molar-refractivity contribution in [1.29, 1.82) is 0 Å².